The van der Waals surface area contributed by atoms with Gasteiger partial charge in [-0.2, -0.15) is 4.72 Å². The quantitative estimate of drug-likeness (QED) is 0.350. The monoisotopic (exact) mass is 490 g/mol. The van der Waals surface area contributed by atoms with Gasteiger partial charge in [-0.25, -0.2) is 13.1 Å². The highest BCUT2D eigenvalue weighted by Crippen LogP contribution is 2.32. The van der Waals surface area contributed by atoms with Gasteiger partial charge >= 0.3 is 5.97 Å². The molecule has 0 fully saturated rings. The molecule has 5 aromatic rings. The molecule has 0 radical (unpaired) electrons. The highest BCUT2D eigenvalue weighted by atomic mass is 32.2. The van der Waals surface area contributed by atoms with E-state index in [1.54, 1.807) is 24.6 Å². The topological polar surface area (TPSA) is 127 Å². The first kappa shape index (κ1) is 22.8. The molecule has 0 saturated carbocycles. The molecule has 0 bridgehead atoms. The van der Waals surface area contributed by atoms with E-state index < -0.39 is 28.0 Å². The van der Waals surface area contributed by atoms with E-state index in [2.05, 4.69) is 15.0 Å². The Morgan fingerprint density at radius 1 is 1.00 bits per heavy atom. The summed E-state index contributed by atoms with van der Waals surface area (Å²) in [6, 6.07) is 18.4. The van der Waals surface area contributed by atoms with Crippen molar-refractivity contribution in [2.45, 2.75) is 24.8 Å². The van der Waals surface area contributed by atoms with Crippen molar-refractivity contribution < 1.29 is 22.7 Å². The molecule has 5 rings (SSSR count). The Balaban J connectivity index is 1.50. The summed E-state index contributed by atoms with van der Waals surface area (Å²) in [6.45, 7) is 3.28. The van der Waals surface area contributed by atoms with Gasteiger partial charge in [0.15, 0.2) is 0 Å². The van der Waals surface area contributed by atoms with Crippen LogP contribution in [-0.2, 0) is 14.8 Å². The Hall–Kier alpha value is -4.02. The summed E-state index contributed by atoms with van der Waals surface area (Å²) in [7, 11) is -4.06. The maximum absolute atomic E-state index is 12.9. The second-order valence-electron chi connectivity index (χ2n) is 8.54. The zero-order chi connectivity index (χ0) is 24.7. The molecule has 2 N–H and O–H groups in total. The lowest BCUT2D eigenvalue weighted by Gasteiger charge is -2.17. The van der Waals surface area contributed by atoms with E-state index in [4.69, 9.17) is 4.42 Å². The van der Waals surface area contributed by atoms with Crippen LogP contribution >= 0.6 is 0 Å². The number of furan rings is 1. The molecule has 35 heavy (non-hydrogen) atoms. The molecule has 0 aliphatic heterocycles. The molecular formula is C25H22N4O5S. The highest BCUT2D eigenvalue weighted by Gasteiger charge is 2.28. The van der Waals surface area contributed by atoms with Crippen LogP contribution in [0.15, 0.2) is 82.2 Å². The lowest BCUT2D eigenvalue weighted by molar-refractivity contribution is -0.140. The average Bonchev–Trinajstić information content (AvgIpc) is 3.47. The van der Waals surface area contributed by atoms with Crippen LogP contribution in [0.2, 0.25) is 0 Å². The number of fused-ring (bicyclic) bond motifs is 3. The first-order valence-corrected chi connectivity index (χ1v) is 12.4. The van der Waals surface area contributed by atoms with E-state index in [-0.39, 0.29) is 4.90 Å². The van der Waals surface area contributed by atoms with Gasteiger partial charge in [-0.05, 0) is 36.2 Å². The van der Waals surface area contributed by atoms with E-state index in [1.165, 1.54) is 12.1 Å². The predicted molar refractivity (Wildman–Crippen MR) is 131 cm³/mol. The molecule has 10 heteroatoms. The number of rotatable bonds is 7. The van der Waals surface area contributed by atoms with Crippen molar-refractivity contribution in [2.24, 2.45) is 5.92 Å². The SMILES string of the molecule is CC(C)[C@H](NS(=O)(=O)c1ccc2oc3cc(-n4cc(-c5ccccc5)nn4)ccc3c2c1)C(=O)O. The van der Waals surface area contributed by atoms with E-state index in [1.807, 2.05) is 54.7 Å². The molecule has 0 aliphatic carbocycles. The van der Waals surface area contributed by atoms with E-state index >= 15 is 0 Å². The number of aliphatic carboxylic acids is 1. The average molecular weight is 491 g/mol. The number of nitrogens with zero attached hydrogens (tertiary/aromatic N) is 3. The second kappa shape index (κ2) is 8.64. The molecule has 1 atom stereocenters. The fourth-order valence-electron chi connectivity index (χ4n) is 3.89. The summed E-state index contributed by atoms with van der Waals surface area (Å²) in [4.78, 5) is 11.4. The number of carbonyl (C=O) groups is 1. The first-order valence-electron chi connectivity index (χ1n) is 10.9. The number of aromatic nitrogens is 3. The molecule has 3 aromatic carbocycles. The van der Waals surface area contributed by atoms with Crippen molar-refractivity contribution in [1.29, 1.82) is 0 Å². The van der Waals surface area contributed by atoms with Gasteiger partial charge in [0, 0.05) is 22.4 Å². The standard InChI is InChI=1S/C25H22N4O5S/c1-15(2)24(25(30)31)27-35(32,33)18-9-11-22-20(13-18)19-10-8-17(12-23(19)34-22)29-14-21(26-28-29)16-6-4-3-5-7-16/h3-15,24,27H,1-2H3,(H,30,31)/t24-/m0/s1. The molecule has 2 aromatic heterocycles. The predicted octanol–water partition coefficient (Wildman–Crippen LogP) is 4.22. The molecule has 0 saturated heterocycles. The lowest BCUT2D eigenvalue weighted by atomic mass is 10.1. The Morgan fingerprint density at radius 3 is 2.49 bits per heavy atom. The zero-order valence-electron chi connectivity index (χ0n) is 18.9. The van der Waals surface area contributed by atoms with Crippen LogP contribution in [0.5, 0.6) is 0 Å². The van der Waals surface area contributed by atoms with Crippen LogP contribution < -0.4 is 4.72 Å². The molecule has 2 heterocycles. The zero-order valence-corrected chi connectivity index (χ0v) is 19.7. The minimum absolute atomic E-state index is 0.0348. The van der Waals surface area contributed by atoms with Gasteiger partial charge in [0.1, 0.15) is 22.9 Å². The number of benzene rings is 3. The number of hydrogen-bond donors (Lipinski definition) is 2. The van der Waals surface area contributed by atoms with Crippen molar-refractivity contribution in [3.05, 3.63) is 72.9 Å². The van der Waals surface area contributed by atoms with Crippen LogP contribution in [-0.4, -0.2) is 40.5 Å². The van der Waals surface area contributed by atoms with Gasteiger partial charge < -0.3 is 9.52 Å². The summed E-state index contributed by atoms with van der Waals surface area (Å²) in [5, 5.41) is 19.2. The molecule has 9 nitrogen and oxygen atoms in total. The Bertz CT molecular complexity index is 1660. The minimum atomic E-state index is -4.06. The Morgan fingerprint density at radius 2 is 1.77 bits per heavy atom. The van der Waals surface area contributed by atoms with E-state index in [9.17, 15) is 18.3 Å². The Labute approximate surface area is 201 Å². The molecule has 0 unspecified atom stereocenters. The van der Waals surface area contributed by atoms with E-state index in [0.29, 0.717) is 16.6 Å². The van der Waals surface area contributed by atoms with Crippen LogP contribution in [0.4, 0.5) is 0 Å². The van der Waals surface area contributed by atoms with Gasteiger partial charge in [0.25, 0.3) is 0 Å². The minimum Gasteiger partial charge on any atom is -0.480 e. The third-order valence-electron chi connectivity index (χ3n) is 5.78. The number of hydrogen-bond acceptors (Lipinski definition) is 6. The smallest absolute Gasteiger partial charge is 0.322 e. The van der Waals surface area contributed by atoms with Gasteiger partial charge in [-0.3, -0.25) is 4.79 Å². The summed E-state index contributed by atoms with van der Waals surface area (Å²) < 4.78 is 35.7. The molecule has 178 valence electrons. The van der Waals surface area contributed by atoms with Crippen LogP contribution in [0.25, 0.3) is 38.9 Å². The third-order valence-corrected chi connectivity index (χ3v) is 7.22. The largest absolute Gasteiger partial charge is 0.480 e. The van der Waals surface area contributed by atoms with Gasteiger partial charge in [0.2, 0.25) is 10.0 Å². The van der Waals surface area contributed by atoms with E-state index in [0.717, 1.165) is 22.3 Å². The van der Waals surface area contributed by atoms with Crippen molar-refractivity contribution in [1.82, 2.24) is 19.7 Å². The number of nitrogens with one attached hydrogen (secondary N) is 1. The third kappa shape index (κ3) is 4.29. The molecule has 0 spiro atoms. The van der Waals surface area contributed by atoms with Gasteiger partial charge in [-0.1, -0.05) is 49.4 Å². The van der Waals surface area contributed by atoms with Crippen molar-refractivity contribution in [2.75, 3.05) is 0 Å². The number of sulfonamides is 1. The van der Waals surface area contributed by atoms with Crippen LogP contribution in [0, 0.1) is 5.92 Å². The number of carboxylic acid groups (broad SMARTS) is 1. The molecule has 0 amide bonds. The number of carboxylic acids is 1. The summed E-state index contributed by atoms with van der Waals surface area (Å²) in [5.41, 5.74) is 3.50. The normalized spacial score (nSPS) is 13.0. The first-order chi connectivity index (χ1) is 16.7. The van der Waals surface area contributed by atoms with Crippen molar-refractivity contribution >= 4 is 37.9 Å². The second-order valence-corrected chi connectivity index (χ2v) is 10.3. The maximum atomic E-state index is 12.9. The summed E-state index contributed by atoms with van der Waals surface area (Å²) >= 11 is 0. The molecule has 0 aliphatic rings. The summed E-state index contributed by atoms with van der Waals surface area (Å²) in [6.07, 6.45) is 1.82. The maximum Gasteiger partial charge on any atom is 0.322 e. The van der Waals surface area contributed by atoms with Crippen LogP contribution in [0.3, 0.4) is 0 Å². The van der Waals surface area contributed by atoms with Crippen LogP contribution in [0.1, 0.15) is 13.8 Å². The summed E-state index contributed by atoms with van der Waals surface area (Å²) in [5.74, 6) is -1.65. The Kier molecular flexibility index (Phi) is 5.62. The fraction of sp³-hybridized carbons (Fsp3) is 0.160. The lowest BCUT2D eigenvalue weighted by Crippen LogP contribution is -2.44. The molecular weight excluding hydrogens is 468 g/mol. The van der Waals surface area contributed by atoms with Crippen molar-refractivity contribution in [3.63, 3.8) is 0 Å². The highest BCUT2D eigenvalue weighted by molar-refractivity contribution is 7.89. The van der Waals surface area contributed by atoms with Gasteiger partial charge in [0.05, 0.1) is 16.8 Å². The fourth-order valence-corrected chi connectivity index (χ4v) is 5.26. The van der Waals surface area contributed by atoms with Gasteiger partial charge in [-0.15, -0.1) is 5.10 Å². The van der Waals surface area contributed by atoms with Crippen molar-refractivity contribution in [3.8, 4) is 16.9 Å².